The Morgan fingerprint density at radius 2 is 2.28 bits per heavy atom. The number of carbonyl (C=O) groups excluding carboxylic acids is 1. The molecule has 18 heavy (non-hydrogen) atoms. The molecule has 1 unspecified atom stereocenters. The summed E-state index contributed by atoms with van der Waals surface area (Å²) in [5.74, 6) is 0.551. The van der Waals surface area contributed by atoms with Crippen LogP contribution in [0.5, 0.6) is 5.75 Å². The first-order valence-electron chi connectivity index (χ1n) is 5.73. The highest BCUT2D eigenvalue weighted by Crippen LogP contribution is 2.33. The van der Waals surface area contributed by atoms with Crippen molar-refractivity contribution in [3.63, 3.8) is 0 Å². The lowest BCUT2D eigenvalue weighted by Gasteiger charge is -2.34. The molecule has 0 saturated carbocycles. The van der Waals surface area contributed by atoms with E-state index in [4.69, 9.17) is 4.74 Å². The molecule has 5 nitrogen and oxygen atoms in total. The number of benzene rings is 1. The Morgan fingerprint density at radius 1 is 1.44 bits per heavy atom. The Bertz CT molecular complexity index is 580. The summed E-state index contributed by atoms with van der Waals surface area (Å²) in [5, 5.41) is 2.87. The molecule has 92 valence electrons. The molecule has 2 aromatic rings. The minimum Gasteiger partial charge on any atom is -0.474 e. The van der Waals surface area contributed by atoms with Crippen LogP contribution in [0.15, 0.2) is 43.0 Å². The van der Waals surface area contributed by atoms with Crippen LogP contribution >= 0.6 is 0 Å². The monoisotopic (exact) mass is 243 g/mol. The molecule has 2 heterocycles. The Balaban J connectivity index is 1.92. The van der Waals surface area contributed by atoms with Crippen LogP contribution in [0.2, 0.25) is 0 Å². The van der Waals surface area contributed by atoms with Gasteiger partial charge in [-0.15, -0.1) is 0 Å². The first-order valence-corrected chi connectivity index (χ1v) is 5.73. The molecular formula is C13H13N3O2. The van der Waals surface area contributed by atoms with Crippen LogP contribution in [0.3, 0.4) is 0 Å². The first kappa shape index (κ1) is 10.8. The average molecular weight is 243 g/mol. The maximum absolute atomic E-state index is 12.1. The molecule has 0 bridgehead atoms. The first-order chi connectivity index (χ1) is 8.67. The third-order valence-corrected chi connectivity index (χ3v) is 2.99. The molecule has 5 heteroatoms. The third kappa shape index (κ3) is 1.73. The van der Waals surface area contributed by atoms with Crippen LogP contribution in [0.25, 0.3) is 0 Å². The minimum atomic E-state index is -0.922. The summed E-state index contributed by atoms with van der Waals surface area (Å²) in [7, 11) is 0. The largest absolute Gasteiger partial charge is 0.474 e. The second-order valence-electron chi connectivity index (χ2n) is 4.52. The SMILES string of the molecule is CC1(Cn2ccnc2)Oc2ccccc2NC1=O. The van der Waals surface area contributed by atoms with E-state index in [1.54, 1.807) is 19.4 Å². The van der Waals surface area contributed by atoms with Gasteiger partial charge in [-0.2, -0.15) is 0 Å². The number of hydrogen-bond donors (Lipinski definition) is 1. The van der Waals surface area contributed by atoms with Crippen molar-refractivity contribution in [1.82, 2.24) is 9.55 Å². The predicted molar refractivity (Wildman–Crippen MR) is 66.3 cm³/mol. The lowest BCUT2D eigenvalue weighted by atomic mass is 10.0. The van der Waals surface area contributed by atoms with Crippen molar-refractivity contribution in [1.29, 1.82) is 0 Å². The number of aromatic nitrogens is 2. The molecule has 0 fully saturated rings. The second-order valence-corrected chi connectivity index (χ2v) is 4.52. The standard InChI is InChI=1S/C13H13N3O2/c1-13(8-16-7-6-14-9-16)12(17)15-10-4-2-3-5-11(10)18-13/h2-7,9H,8H2,1H3,(H,15,17). The number of fused-ring (bicyclic) bond motifs is 1. The Morgan fingerprint density at radius 3 is 3.06 bits per heavy atom. The number of nitrogens with one attached hydrogen (secondary N) is 1. The van der Waals surface area contributed by atoms with Crippen LogP contribution in [0.1, 0.15) is 6.92 Å². The summed E-state index contributed by atoms with van der Waals surface area (Å²) in [6.07, 6.45) is 5.16. The van der Waals surface area contributed by atoms with E-state index in [0.717, 1.165) is 0 Å². The Kier molecular flexibility index (Phi) is 2.33. The molecule has 1 aliphatic rings. The zero-order chi connectivity index (χ0) is 12.6. The van der Waals surface area contributed by atoms with E-state index in [1.807, 2.05) is 35.0 Å². The van der Waals surface area contributed by atoms with Crippen molar-refractivity contribution in [3.05, 3.63) is 43.0 Å². The molecule has 0 spiro atoms. The third-order valence-electron chi connectivity index (χ3n) is 2.99. The molecular weight excluding hydrogens is 230 g/mol. The number of ether oxygens (including phenoxy) is 1. The number of rotatable bonds is 2. The van der Waals surface area contributed by atoms with Crippen molar-refractivity contribution < 1.29 is 9.53 Å². The van der Waals surface area contributed by atoms with Gasteiger partial charge in [0, 0.05) is 12.4 Å². The maximum atomic E-state index is 12.1. The highest BCUT2D eigenvalue weighted by atomic mass is 16.5. The number of amides is 1. The molecule has 0 aliphatic carbocycles. The van der Waals surface area contributed by atoms with Gasteiger partial charge in [0.25, 0.3) is 5.91 Å². The van der Waals surface area contributed by atoms with E-state index in [2.05, 4.69) is 10.3 Å². The van der Waals surface area contributed by atoms with Gasteiger partial charge in [-0.1, -0.05) is 12.1 Å². The molecule has 0 radical (unpaired) electrons. The molecule has 1 atom stereocenters. The van der Waals surface area contributed by atoms with Crippen molar-refractivity contribution in [2.45, 2.75) is 19.1 Å². The fourth-order valence-electron chi connectivity index (χ4n) is 2.04. The molecule has 0 saturated heterocycles. The van der Waals surface area contributed by atoms with E-state index in [9.17, 15) is 4.79 Å². The molecule has 1 aromatic heterocycles. The van der Waals surface area contributed by atoms with Crippen LogP contribution in [-0.4, -0.2) is 21.1 Å². The number of para-hydroxylation sites is 2. The Hall–Kier alpha value is -2.30. The minimum absolute atomic E-state index is 0.144. The van der Waals surface area contributed by atoms with Gasteiger partial charge in [-0.05, 0) is 19.1 Å². The summed E-state index contributed by atoms with van der Waals surface area (Å²) < 4.78 is 7.67. The molecule has 1 N–H and O–H groups in total. The predicted octanol–water partition coefficient (Wildman–Crippen LogP) is 1.67. The molecule has 1 aliphatic heterocycles. The van der Waals surface area contributed by atoms with Crippen molar-refractivity contribution in [2.75, 3.05) is 5.32 Å². The zero-order valence-electron chi connectivity index (χ0n) is 9.96. The van der Waals surface area contributed by atoms with Crippen LogP contribution < -0.4 is 10.1 Å². The Labute approximate surface area is 104 Å². The van der Waals surface area contributed by atoms with Gasteiger partial charge >= 0.3 is 0 Å². The normalized spacial score (nSPS) is 21.9. The van der Waals surface area contributed by atoms with Crippen molar-refractivity contribution in [3.8, 4) is 5.75 Å². The van der Waals surface area contributed by atoms with Gasteiger partial charge < -0.3 is 14.6 Å². The van der Waals surface area contributed by atoms with Gasteiger partial charge in [0.05, 0.1) is 18.6 Å². The summed E-state index contributed by atoms with van der Waals surface area (Å²) in [4.78, 5) is 16.1. The summed E-state index contributed by atoms with van der Waals surface area (Å²) in [5.41, 5.74) is -0.208. The number of nitrogens with zero attached hydrogens (tertiary/aromatic N) is 2. The highest BCUT2D eigenvalue weighted by molar-refractivity contribution is 6.00. The zero-order valence-corrected chi connectivity index (χ0v) is 9.96. The number of imidazole rings is 1. The van der Waals surface area contributed by atoms with Crippen LogP contribution in [0, 0.1) is 0 Å². The fraction of sp³-hybridized carbons (Fsp3) is 0.231. The molecule has 3 rings (SSSR count). The maximum Gasteiger partial charge on any atom is 0.270 e. The number of carbonyl (C=O) groups is 1. The van der Waals surface area contributed by atoms with E-state index >= 15 is 0 Å². The molecule has 1 aromatic carbocycles. The highest BCUT2D eigenvalue weighted by Gasteiger charge is 2.40. The smallest absolute Gasteiger partial charge is 0.270 e. The number of anilines is 1. The van der Waals surface area contributed by atoms with Crippen LogP contribution in [0.4, 0.5) is 5.69 Å². The van der Waals surface area contributed by atoms with E-state index in [1.165, 1.54) is 0 Å². The quantitative estimate of drug-likeness (QED) is 0.873. The van der Waals surface area contributed by atoms with Crippen molar-refractivity contribution in [2.24, 2.45) is 0 Å². The van der Waals surface area contributed by atoms with Gasteiger partial charge in [0.2, 0.25) is 5.60 Å². The summed E-state index contributed by atoms with van der Waals surface area (Å²) in [6.45, 7) is 2.20. The lowest BCUT2D eigenvalue weighted by Crippen LogP contribution is -2.51. The van der Waals surface area contributed by atoms with Gasteiger partial charge in [-0.25, -0.2) is 4.98 Å². The average Bonchev–Trinajstić information content (AvgIpc) is 2.83. The van der Waals surface area contributed by atoms with E-state index < -0.39 is 5.60 Å². The van der Waals surface area contributed by atoms with Gasteiger partial charge in [-0.3, -0.25) is 4.79 Å². The summed E-state index contributed by atoms with van der Waals surface area (Å²) in [6, 6.07) is 7.42. The second kappa shape index (κ2) is 3.87. The fourth-order valence-corrected chi connectivity index (χ4v) is 2.04. The summed E-state index contributed by atoms with van der Waals surface area (Å²) >= 11 is 0. The lowest BCUT2D eigenvalue weighted by molar-refractivity contribution is -0.132. The topological polar surface area (TPSA) is 56.1 Å². The molecule has 1 amide bonds. The van der Waals surface area contributed by atoms with E-state index in [0.29, 0.717) is 18.0 Å². The van der Waals surface area contributed by atoms with E-state index in [-0.39, 0.29) is 5.91 Å². The van der Waals surface area contributed by atoms with Crippen molar-refractivity contribution >= 4 is 11.6 Å². The van der Waals surface area contributed by atoms with Gasteiger partial charge in [0.1, 0.15) is 5.75 Å². The van der Waals surface area contributed by atoms with Crippen LogP contribution in [-0.2, 0) is 11.3 Å². The van der Waals surface area contributed by atoms with Gasteiger partial charge in [0.15, 0.2) is 0 Å². The number of hydrogen-bond acceptors (Lipinski definition) is 3.